The number of rotatable bonds is 3. The van der Waals surface area contributed by atoms with Crippen molar-refractivity contribution < 1.29 is 4.79 Å². The number of hydrogen-bond acceptors (Lipinski definition) is 2. The quantitative estimate of drug-likeness (QED) is 0.798. The predicted molar refractivity (Wildman–Crippen MR) is 63.5 cm³/mol. The molecule has 82 valence electrons. The third-order valence-electron chi connectivity index (χ3n) is 2.75. The number of aromatic amines is 1. The summed E-state index contributed by atoms with van der Waals surface area (Å²) in [7, 11) is 0. The molecule has 1 aromatic carbocycles. The van der Waals surface area contributed by atoms with Gasteiger partial charge in [-0.1, -0.05) is 31.2 Å². The highest BCUT2D eigenvalue weighted by atomic mass is 16.1. The Morgan fingerprint density at radius 2 is 2.00 bits per heavy atom. The third-order valence-corrected chi connectivity index (χ3v) is 2.75. The van der Waals surface area contributed by atoms with Crippen LogP contribution >= 0.6 is 0 Å². The van der Waals surface area contributed by atoms with Crippen LogP contribution in [-0.4, -0.2) is 16.5 Å². The Morgan fingerprint density at radius 1 is 1.31 bits per heavy atom. The van der Waals surface area contributed by atoms with Crippen molar-refractivity contribution in [3.63, 3.8) is 0 Å². The van der Waals surface area contributed by atoms with E-state index in [-0.39, 0.29) is 0 Å². The molecule has 3 heteroatoms. The Labute approximate surface area is 94.5 Å². The molecule has 0 spiro atoms. The van der Waals surface area contributed by atoms with Crippen LogP contribution < -0.4 is 0 Å². The minimum atomic E-state index is 0.643. The minimum Gasteiger partial charge on any atom is -0.298 e. The summed E-state index contributed by atoms with van der Waals surface area (Å²) >= 11 is 0. The summed E-state index contributed by atoms with van der Waals surface area (Å²) in [6.45, 7) is 3.96. The zero-order valence-electron chi connectivity index (χ0n) is 9.45. The summed E-state index contributed by atoms with van der Waals surface area (Å²) in [6, 6.07) is 8.13. The summed E-state index contributed by atoms with van der Waals surface area (Å²) in [5.41, 5.74) is 4.44. The van der Waals surface area contributed by atoms with Gasteiger partial charge in [0.15, 0.2) is 6.29 Å². The fourth-order valence-corrected chi connectivity index (χ4v) is 1.70. The number of aromatic nitrogens is 2. The second kappa shape index (κ2) is 4.31. The van der Waals surface area contributed by atoms with E-state index < -0.39 is 0 Å². The molecule has 0 amide bonds. The van der Waals surface area contributed by atoms with Gasteiger partial charge in [-0.25, -0.2) is 0 Å². The summed E-state index contributed by atoms with van der Waals surface area (Å²) in [5, 5.41) is 6.99. The number of carbonyl (C=O) groups excluding carboxylic acids is 1. The second-order valence-corrected chi connectivity index (χ2v) is 3.78. The van der Waals surface area contributed by atoms with Gasteiger partial charge >= 0.3 is 0 Å². The molecule has 0 aliphatic heterocycles. The largest absolute Gasteiger partial charge is 0.298 e. The molecule has 0 fully saturated rings. The van der Waals surface area contributed by atoms with Crippen LogP contribution in [0.25, 0.3) is 11.3 Å². The van der Waals surface area contributed by atoms with Gasteiger partial charge in [0.25, 0.3) is 0 Å². The van der Waals surface area contributed by atoms with Crippen LogP contribution in [0, 0.1) is 6.92 Å². The lowest BCUT2D eigenvalue weighted by molar-refractivity contribution is 0.112. The highest BCUT2D eigenvalue weighted by Gasteiger charge is 2.10. The number of nitrogens with one attached hydrogen (secondary N) is 1. The average Bonchev–Trinajstić information content (AvgIpc) is 2.70. The summed E-state index contributed by atoms with van der Waals surface area (Å²) in [6.07, 6.45) is 1.86. The lowest BCUT2D eigenvalue weighted by Crippen LogP contribution is -1.87. The second-order valence-electron chi connectivity index (χ2n) is 3.78. The van der Waals surface area contributed by atoms with Crippen LogP contribution in [0.3, 0.4) is 0 Å². The number of nitrogens with zero attached hydrogens (tertiary/aromatic N) is 1. The summed E-state index contributed by atoms with van der Waals surface area (Å²) in [5.74, 6) is 0. The van der Waals surface area contributed by atoms with Crippen molar-refractivity contribution in [2.24, 2.45) is 0 Å². The first kappa shape index (κ1) is 10.6. The molecule has 0 radical (unpaired) electrons. The highest BCUT2D eigenvalue weighted by Crippen LogP contribution is 2.22. The molecule has 0 bridgehead atoms. The van der Waals surface area contributed by atoms with E-state index in [1.54, 1.807) is 0 Å². The van der Waals surface area contributed by atoms with Crippen LogP contribution in [0.15, 0.2) is 24.3 Å². The van der Waals surface area contributed by atoms with E-state index >= 15 is 0 Å². The average molecular weight is 214 g/mol. The molecule has 1 aromatic heterocycles. The van der Waals surface area contributed by atoms with E-state index in [0.29, 0.717) is 5.56 Å². The molecule has 2 aromatic rings. The first-order valence-corrected chi connectivity index (χ1v) is 5.35. The SMILES string of the molecule is CCc1ccc(-c2n[nH]c(C)c2C=O)cc1. The molecular weight excluding hydrogens is 200 g/mol. The topological polar surface area (TPSA) is 45.8 Å². The lowest BCUT2D eigenvalue weighted by atomic mass is 10.0. The van der Waals surface area contributed by atoms with E-state index in [0.717, 1.165) is 29.7 Å². The normalized spacial score (nSPS) is 10.4. The highest BCUT2D eigenvalue weighted by molar-refractivity contribution is 5.87. The minimum absolute atomic E-state index is 0.643. The van der Waals surface area contributed by atoms with Crippen LogP contribution in [0.1, 0.15) is 28.5 Å². The maximum atomic E-state index is 10.9. The molecule has 1 heterocycles. The van der Waals surface area contributed by atoms with E-state index in [1.807, 2.05) is 19.1 Å². The smallest absolute Gasteiger partial charge is 0.154 e. The van der Waals surface area contributed by atoms with Crippen LogP contribution in [0.5, 0.6) is 0 Å². The van der Waals surface area contributed by atoms with Crippen LogP contribution in [0.2, 0.25) is 0 Å². The zero-order valence-corrected chi connectivity index (χ0v) is 9.45. The van der Waals surface area contributed by atoms with Crippen molar-refractivity contribution in [1.82, 2.24) is 10.2 Å². The van der Waals surface area contributed by atoms with Gasteiger partial charge in [-0.15, -0.1) is 0 Å². The number of aryl methyl sites for hydroxylation is 2. The Balaban J connectivity index is 2.46. The summed E-state index contributed by atoms with van der Waals surface area (Å²) < 4.78 is 0. The fourth-order valence-electron chi connectivity index (χ4n) is 1.70. The molecule has 0 aliphatic carbocycles. The van der Waals surface area contributed by atoms with Crippen molar-refractivity contribution >= 4 is 6.29 Å². The number of aldehydes is 1. The Hall–Kier alpha value is -1.90. The maximum Gasteiger partial charge on any atom is 0.154 e. The molecule has 3 nitrogen and oxygen atoms in total. The van der Waals surface area contributed by atoms with Crippen molar-refractivity contribution in [2.75, 3.05) is 0 Å². The number of H-pyrrole nitrogens is 1. The van der Waals surface area contributed by atoms with Gasteiger partial charge in [-0.2, -0.15) is 5.10 Å². The van der Waals surface area contributed by atoms with Crippen LogP contribution in [0.4, 0.5) is 0 Å². The van der Waals surface area contributed by atoms with Crippen molar-refractivity contribution in [2.45, 2.75) is 20.3 Å². The molecule has 16 heavy (non-hydrogen) atoms. The zero-order chi connectivity index (χ0) is 11.5. The van der Waals surface area contributed by atoms with Gasteiger partial charge in [0.2, 0.25) is 0 Å². The predicted octanol–water partition coefficient (Wildman–Crippen LogP) is 2.76. The van der Waals surface area contributed by atoms with Crippen molar-refractivity contribution in [1.29, 1.82) is 0 Å². The van der Waals surface area contributed by atoms with Gasteiger partial charge in [-0.05, 0) is 18.9 Å². The Kier molecular flexibility index (Phi) is 2.86. The molecule has 0 aliphatic rings. The first-order valence-electron chi connectivity index (χ1n) is 5.35. The molecule has 0 unspecified atom stereocenters. The Bertz CT molecular complexity index is 497. The van der Waals surface area contributed by atoms with E-state index in [9.17, 15) is 4.79 Å². The van der Waals surface area contributed by atoms with Gasteiger partial charge in [0.05, 0.1) is 5.56 Å². The molecular formula is C13H14N2O. The van der Waals surface area contributed by atoms with Gasteiger partial charge < -0.3 is 0 Å². The molecule has 1 N–H and O–H groups in total. The van der Waals surface area contributed by atoms with E-state index in [2.05, 4.69) is 29.3 Å². The standard InChI is InChI=1S/C13H14N2O/c1-3-10-4-6-11(7-5-10)13-12(8-16)9(2)14-15-13/h4-8H,3H2,1-2H3,(H,14,15). The number of benzene rings is 1. The molecule has 2 rings (SSSR count). The summed E-state index contributed by atoms with van der Waals surface area (Å²) in [4.78, 5) is 10.9. The Morgan fingerprint density at radius 3 is 2.56 bits per heavy atom. The van der Waals surface area contributed by atoms with Crippen molar-refractivity contribution in [3.05, 3.63) is 41.1 Å². The van der Waals surface area contributed by atoms with Crippen molar-refractivity contribution in [3.8, 4) is 11.3 Å². The molecule has 0 saturated carbocycles. The van der Waals surface area contributed by atoms with Gasteiger partial charge in [0, 0.05) is 11.3 Å². The number of carbonyl (C=O) groups is 1. The van der Waals surface area contributed by atoms with Gasteiger partial charge in [-0.3, -0.25) is 9.89 Å². The van der Waals surface area contributed by atoms with Crippen LogP contribution in [-0.2, 0) is 6.42 Å². The van der Waals surface area contributed by atoms with Gasteiger partial charge in [0.1, 0.15) is 5.69 Å². The fraction of sp³-hybridized carbons (Fsp3) is 0.231. The first-order chi connectivity index (χ1) is 7.76. The molecule has 0 atom stereocenters. The maximum absolute atomic E-state index is 10.9. The van der Waals surface area contributed by atoms with E-state index in [4.69, 9.17) is 0 Å². The molecule has 0 saturated heterocycles. The number of hydrogen-bond donors (Lipinski definition) is 1. The van der Waals surface area contributed by atoms with E-state index in [1.165, 1.54) is 5.56 Å². The lowest BCUT2D eigenvalue weighted by Gasteiger charge is -2.00. The third kappa shape index (κ3) is 1.76. The monoisotopic (exact) mass is 214 g/mol.